The predicted octanol–water partition coefficient (Wildman–Crippen LogP) is 8.05. The zero-order chi connectivity index (χ0) is 20.5. The van der Waals surface area contributed by atoms with E-state index in [1.165, 1.54) is 83.5 Å². The van der Waals surface area contributed by atoms with Crippen molar-refractivity contribution in [2.45, 2.75) is 111 Å². The molecule has 160 valence electrons. The number of rotatable bonds is 17. The van der Waals surface area contributed by atoms with Gasteiger partial charge < -0.3 is 9.94 Å². The van der Waals surface area contributed by atoms with Gasteiger partial charge in [0.15, 0.2) is 0 Å². The van der Waals surface area contributed by atoms with Crippen molar-refractivity contribution in [2.75, 3.05) is 6.61 Å². The van der Waals surface area contributed by atoms with E-state index in [1.54, 1.807) is 6.92 Å². The molecule has 0 saturated carbocycles. The summed E-state index contributed by atoms with van der Waals surface area (Å²) in [5, 5.41) is 12.4. The summed E-state index contributed by atoms with van der Waals surface area (Å²) in [7, 11) is 0. The SMILES string of the molecule is CCCCCCCCCCCCCCCCOc1ccc(C)cc1/C(C)=N\O. The molecule has 3 nitrogen and oxygen atoms in total. The van der Waals surface area contributed by atoms with Crippen LogP contribution in [0.4, 0.5) is 0 Å². The van der Waals surface area contributed by atoms with Crippen LogP contribution in [0, 0.1) is 6.92 Å². The Labute approximate surface area is 173 Å². The van der Waals surface area contributed by atoms with E-state index >= 15 is 0 Å². The zero-order valence-corrected chi connectivity index (χ0v) is 18.6. The molecule has 0 spiro atoms. The number of nitrogens with zero attached hydrogens (tertiary/aromatic N) is 1. The molecule has 28 heavy (non-hydrogen) atoms. The lowest BCUT2D eigenvalue weighted by atomic mass is 10.0. The van der Waals surface area contributed by atoms with Crippen LogP contribution in [-0.4, -0.2) is 17.5 Å². The van der Waals surface area contributed by atoms with Crippen molar-refractivity contribution < 1.29 is 9.94 Å². The summed E-state index contributed by atoms with van der Waals surface area (Å²) in [6.07, 6.45) is 19.1. The van der Waals surface area contributed by atoms with Crippen LogP contribution in [0.2, 0.25) is 0 Å². The first-order valence-electron chi connectivity index (χ1n) is 11.6. The lowest BCUT2D eigenvalue weighted by Crippen LogP contribution is -2.04. The molecule has 1 aromatic carbocycles. The van der Waals surface area contributed by atoms with E-state index in [2.05, 4.69) is 12.1 Å². The highest BCUT2D eigenvalue weighted by Crippen LogP contribution is 2.21. The molecule has 0 heterocycles. The monoisotopic (exact) mass is 389 g/mol. The highest BCUT2D eigenvalue weighted by atomic mass is 16.5. The Bertz CT molecular complexity index is 539. The molecule has 1 aromatic rings. The van der Waals surface area contributed by atoms with Crippen LogP contribution in [0.15, 0.2) is 23.4 Å². The molecule has 0 fully saturated rings. The average molecular weight is 390 g/mol. The number of hydrogen-bond donors (Lipinski definition) is 1. The van der Waals surface area contributed by atoms with Gasteiger partial charge in [-0.2, -0.15) is 0 Å². The van der Waals surface area contributed by atoms with Gasteiger partial charge in [-0.1, -0.05) is 107 Å². The molecule has 0 aromatic heterocycles. The van der Waals surface area contributed by atoms with Crippen LogP contribution in [0.1, 0.15) is 115 Å². The van der Waals surface area contributed by atoms with Crippen molar-refractivity contribution in [1.29, 1.82) is 0 Å². The zero-order valence-electron chi connectivity index (χ0n) is 18.6. The average Bonchev–Trinajstić information content (AvgIpc) is 2.71. The lowest BCUT2D eigenvalue weighted by molar-refractivity contribution is 0.301. The van der Waals surface area contributed by atoms with Crippen LogP contribution >= 0.6 is 0 Å². The number of unbranched alkanes of at least 4 members (excludes halogenated alkanes) is 13. The van der Waals surface area contributed by atoms with E-state index in [9.17, 15) is 0 Å². The summed E-state index contributed by atoms with van der Waals surface area (Å²) < 4.78 is 5.93. The van der Waals surface area contributed by atoms with E-state index in [4.69, 9.17) is 9.94 Å². The van der Waals surface area contributed by atoms with Crippen LogP contribution in [0.25, 0.3) is 0 Å². The largest absolute Gasteiger partial charge is 0.493 e. The number of benzene rings is 1. The van der Waals surface area contributed by atoms with Gasteiger partial charge in [-0.25, -0.2) is 0 Å². The highest BCUT2D eigenvalue weighted by Gasteiger charge is 2.07. The maximum Gasteiger partial charge on any atom is 0.128 e. The molecule has 1 N–H and O–H groups in total. The third kappa shape index (κ3) is 11.4. The quantitative estimate of drug-likeness (QED) is 0.127. The van der Waals surface area contributed by atoms with Crippen LogP contribution in [-0.2, 0) is 0 Å². The van der Waals surface area contributed by atoms with Crippen molar-refractivity contribution >= 4 is 5.71 Å². The lowest BCUT2D eigenvalue weighted by Gasteiger charge is -2.11. The molecule has 0 atom stereocenters. The summed E-state index contributed by atoms with van der Waals surface area (Å²) in [6, 6.07) is 6.02. The first kappa shape index (κ1) is 24.5. The summed E-state index contributed by atoms with van der Waals surface area (Å²) in [4.78, 5) is 0. The van der Waals surface area contributed by atoms with Crippen molar-refractivity contribution in [2.24, 2.45) is 5.16 Å². The first-order valence-corrected chi connectivity index (χ1v) is 11.6. The Morgan fingerprint density at radius 3 is 1.82 bits per heavy atom. The second-order valence-corrected chi connectivity index (χ2v) is 8.13. The molecule has 0 radical (unpaired) electrons. The van der Waals surface area contributed by atoms with Crippen molar-refractivity contribution in [3.8, 4) is 5.75 Å². The van der Waals surface area contributed by atoms with Crippen molar-refractivity contribution in [1.82, 2.24) is 0 Å². The summed E-state index contributed by atoms with van der Waals surface area (Å²) >= 11 is 0. The van der Waals surface area contributed by atoms with Gasteiger partial charge in [0.2, 0.25) is 0 Å². The normalized spacial score (nSPS) is 11.8. The Balaban J connectivity index is 1.99. The van der Waals surface area contributed by atoms with E-state index in [1.807, 2.05) is 25.1 Å². The van der Waals surface area contributed by atoms with Gasteiger partial charge in [0.25, 0.3) is 0 Å². The molecular weight excluding hydrogens is 346 g/mol. The van der Waals surface area contributed by atoms with Crippen molar-refractivity contribution in [3.05, 3.63) is 29.3 Å². The highest BCUT2D eigenvalue weighted by molar-refractivity contribution is 6.00. The Kier molecular flexibility index (Phi) is 14.4. The maximum absolute atomic E-state index is 9.04. The van der Waals surface area contributed by atoms with E-state index in [0.717, 1.165) is 29.9 Å². The Morgan fingerprint density at radius 1 is 0.821 bits per heavy atom. The Hall–Kier alpha value is -1.51. The van der Waals surface area contributed by atoms with Gasteiger partial charge in [0, 0.05) is 5.56 Å². The molecule has 0 amide bonds. The number of oxime groups is 1. The van der Waals surface area contributed by atoms with Gasteiger partial charge in [0.1, 0.15) is 5.75 Å². The van der Waals surface area contributed by atoms with Crippen LogP contribution in [0.3, 0.4) is 0 Å². The van der Waals surface area contributed by atoms with E-state index in [-0.39, 0.29) is 0 Å². The summed E-state index contributed by atoms with van der Waals surface area (Å²) in [5.74, 6) is 0.815. The third-order valence-electron chi connectivity index (χ3n) is 5.43. The second kappa shape index (κ2) is 16.4. The van der Waals surface area contributed by atoms with Gasteiger partial charge in [0.05, 0.1) is 12.3 Å². The van der Waals surface area contributed by atoms with Gasteiger partial charge in [-0.05, 0) is 32.4 Å². The smallest absolute Gasteiger partial charge is 0.128 e. The third-order valence-corrected chi connectivity index (χ3v) is 5.43. The van der Waals surface area contributed by atoms with Crippen LogP contribution < -0.4 is 4.74 Å². The second-order valence-electron chi connectivity index (χ2n) is 8.13. The predicted molar refractivity (Wildman–Crippen MR) is 121 cm³/mol. The molecule has 1 rings (SSSR count). The molecule has 0 aliphatic carbocycles. The minimum Gasteiger partial charge on any atom is -0.493 e. The van der Waals surface area contributed by atoms with Gasteiger partial charge >= 0.3 is 0 Å². The molecule has 0 aliphatic heterocycles. The maximum atomic E-state index is 9.04. The molecule has 3 heteroatoms. The minimum atomic E-state index is 0.597. The number of hydrogen-bond acceptors (Lipinski definition) is 3. The standard InChI is InChI=1S/C25H43NO2/c1-4-5-6-7-8-9-10-11-12-13-14-15-16-17-20-28-25-19-18-22(2)21-24(25)23(3)26-27/h18-19,21,27H,4-17,20H2,1-3H3/b26-23-. The number of ether oxygens (including phenoxy) is 1. The van der Waals surface area contributed by atoms with Gasteiger partial charge in [-0.15, -0.1) is 0 Å². The molecule has 0 bridgehead atoms. The number of aryl methyl sites for hydroxylation is 1. The van der Waals surface area contributed by atoms with Crippen LogP contribution in [0.5, 0.6) is 5.75 Å². The summed E-state index contributed by atoms with van der Waals surface area (Å²) in [6.45, 7) is 6.84. The van der Waals surface area contributed by atoms with E-state index in [0.29, 0.717) is 5.71 Å². The fourth-order valence-corrected chi connectivity index (χ4v) is 3.59. The van der Waals surface area contributed by atoms with Crippen molar-refractivity contribution in [3.63, 3.8) is 0 Å². The minimum absolute atomic E-state index is 0.597. The first-order chi connectivity index (χ1) is 13.7. The fourth-order valence-electron chi connectivity index (χ4n) is 3.59. The summed E-state index contributed by atoms with van der Waals surface area (Å²) in [5.41, 5.74) is 2.62. The Morgan fingerprint density at radius 2 is 1.32 bits per heavy atom. The van der Waals surface area contributed by atoms with Gasteiger partial charge in [-0.3, -0.25) is 0 Å². The molecule has 0 saturated heterocycles. The molecule has 0 aliphatic rings. The molecular formula is C25H43NO2. The molecule has 0 unspecified atom stereocenters. The fraction of sp³-hybridized carbons (Fsp3) is 0.720. The topological polar surface area (TPSA) is 41.8 Å². The van der Waals surface area contributed by atoms with E-state index < -0.39 is 0 Å².